The molecule has 0 atom stereocenters. The van der Waals surface area contributed by atoms with E-state index in [1.54, 1.807) is 6.20 Å². The molecule has 2 fully saturated rings. The topological polar surface area (TPSA) is 100 Å². The normalized spacial score (nSPS) is 24.0. The Hall–Kier alpha value is -1.96. The number of aromatic nitrogens is 3. The van der Waals surface area contributed by atoms with Crippen molar-refractivity contribution < 1.29 is 14.7 Å². The maximum absolute atomic E-state index is 11.8. The van der Waals surface area contributed by atoms with Gasteiger partial charge >= 0.3 is 5.97 Å². The largest absolute Gasteiger partial charge is 0.480 e. The van der Waals surface area contributed by atoms with Gasteiger partial charge in [0.1, 0.15) is 6.54 Å². The van der Waals surface area contributed by atoms with Crippen LogP contribution in [0.1, 0.15) is 25.7 Å². The average Bonchev–Trinajstić information content (AvgIpc) is 3.07. The molecule has 22 heavy (non-hydrogen) atoms. The van der Waals surface area contributed by atoms with E-state index in [0.29, 0.717) is 5.92 Å². The van der Waals surface area contributed by atoms with E-state index in [-0.39, 0.29) is 31.1 Å². The van der Waals surface area contributed by atoms with Gasteiger partial charge in [0.05, 0.1) is 12.7 Å². The van der Waals surface area contributed by atoms with Crippen molar-refractivity contribution in [1.82, 2.24) is 25.2 Å². The molecule has 8 nitrogen and oxygen atoms in total. The molecule has 0 bridgehead atoms. The van der Waals surface area contributed by atoms with Crippen molar-refractivity contribution in [2.45, 2.75) is 44.3 Å². The summed E-state index contributed by atoms with van der Waals surface area (Å²) in [5.74, 6) is -0.194. The molecule has 1 heterocycles. The third-order valence-electron chi connectivity index (χ3n) is 4.30. The van der Waals surface area contributed by atoms with E-state index in [4.69, 9.17) is 5.11 Å². The number of aliphatic carboxylic acids is 1. The Kier molecular flexibility index (Phi) is 4.37. The number of amides is 1. The first-order valence-electron chi connectivity index (χ1n) is 7.69. The first kappa shape index (κ1) is 15.0. The smallest absolute Gasteiger partial charge is 0.317 e. The molecule has 0 unspecified atom stereocenters. The number of rotatable bonds is 8. The van der Waals surface area contributed by atoms with Gasteiger partial charge in [0.25, 0.3) is 0 Å². The van der Waals surface area contributed by atoms with Crippen LogP contribution in [0.25, 0.3) is 0 Å². The van der Waals surface area contributed by atoms with E-state index >= 15 is 0 Å². The molecule has 1 aromatic rings. The zero-order valence-corrected chi connectivity index (χ0v) is 12.4. The van der Waals surface area contributed by atoms with Gasteiger partial charge in [0, 0.05) is 24.8 Å². The second-order valence-electron chi connectivity index (χ2n) is 6.26. The van der Waals surface area contributed by atoms with Crippen LogP contribution < -0.4 is 5.32 Å². The van der Waals surface area contributed by atoms with Crippen LogP contribution in [-0.2, 0) is 16.1 Å². The molecule has 8 heteroatoms. The van der Waals surface area contributed by atoms with Gasteiger partial charge in [-0.2, -0.15) is 0 Å². The minimum Gasteiger partial charge on any atom is -0.480 e. The molecule has 0 saturated heterocycles. The van der Waals surface area contributed by atoms with Gasteiger partial charge < -0.3 is 10.4 Å². The minimum absolute atomic E-state index is 0.0825. The summed E-state index contributed by atoms with van der Waals surface area (Å²) in [5, 5.41) is 19.4. The van der Waals surface area contributed by atoms with Gasteiger partial charge in [-0.3, -0.25) is 14.5 Å². The summed E-state index contributed by atoms with van der Waals surface area (Å²) < 4.78 is 1.48. The molecule has 0 radical (unpaired) electrons. The third kappa shape index (κ3) is 4.03. The van der Waals surface area contributed by atoms with Crippen LogP contribution >= 0.6 is 0 Å². The molecule has 0 aliphatic heterocycles. The maximum atomic E-state index is 11.8. The van der Waals surface area contributed by atoms with Crippen LogP contribution in [-0.4, -0.2) is 62.0 Å². The number of carboxylic acid groups (broad SMARTS) is 1. The molecule has 3 rings (SSSR count). The highest BCUT2D eigenvalue weighted by molar-refractivity contribution is 5.76. The van der Waals surface area contributed by atoms with E-state index < -0.39 is 5.97 Å². The lowest BCUT2D eigenvalue weighted by atomic mass is 9.85. The van der Waals surface area contributed by atoms with Crippen LogP contribution in [0.4, 0.5) is 0 Å². The Bertz CT molecular complexity index is 523. The molecule has 1 amide bonds. The Morgan fingerprint density at radius 1 is 1.36 bits per heavy atom. The third-order valence-corrected chi connectivity index (χ3v) is 4.30. The van der Waals surface area contributed by atoms with E-state index in [0.717, 1.165) is 19.4 Å². The van der Waals surface area contributed by atoms with Crippen molar-refractivity contribution in [3.8, 4) is 0 Å². The highest BCUT2D eigenvalue weighted by Crippen LogP contribution is 2.33. The Morgan fingerprint density at radius 3 is 2.73 bits per heavy atom. The molecule has 0 spiro atoms. The molecule has 2 saturated carbocycles. The summed E-state index contributed by atoms with van der Waals surface area (Å²) in [7, 11) is 0. The molecule has 2 aliphatic rings. The molecule has 0 aromatic carbocycles. The number of carboxylic acids is 1. The number of nitrogens with zero attached hydrogens (tertiary/aromatic N) is 4. The summed E-state index contributed by atoms with van der Waals surface area (Å²) in [6.07, 6.45) is 7.25. The monoisotopic (exact) mass is 307 g/mol. The molecule has 120 valence electrons. The number of carbonyl (C=O) groups excluding carboxylic acids is 1. The maximum Gasteiger partial charge on any atom is 0.317 e. The highest BCUT2D eigenvalue weighted by Gasteiger charge is 2.37. The molecule has 2 N–H and O–H groups in total. The van der Waals surface area contributed by atoms with Crippen molar-refractivity contribution in [1.29, 1.82) is 0 Å². The van der Waals surface area contributed by atoms with E-state index in [9.17, 15) is 9.59 Å². The van der Waals surface area contributed by atoms with Gasteiger partial charge in [-0.05, 0) is 31.6 Å². The fourth-order valence-electron chi connectivity index (χ4n) is 2.89. The fraction of sp³-hybridized carbons (Fsp3) is 0.714. The van der Waals surface area contributed by atoms with Crippen molar-refractivity contribution in [2.75, 3.05) is 13.1 Å². The zero-order valence-electron chi connectivity index (χ0n) is 12.4. The number of carbonyl (C=O) groups is 2. The predicted octanol–water partition coefficient (Wildman–Crippen LogP) is -0.278. The molecule has 2 aliphatic carbocycles. The molecular weight excluding hydrogens is 286 g/mol. The van der Waals surface area contributed by atoms with Gasteiger partial charge in [-0.25, -0.2) is 4.68 Å². The summed E-state index contributed by atoms with van der Waals surface area (Å²) in [4.78, 5) is 24.9. The van der Waals surface area contributed by atoms with Crippen LogP contribution in [0.3, 0.4) is 0 Å². The Labute approximate surface area is 128 Å². The SMILES string of the molecule is O=C(O)CN(CC1CC1)C1CC(NC(=O)Cn2ccnn2)C1. The summed E-state index contributed by atoms with van der Waals surface area (Å²) in [6, 6.07) is 0.407. The second-order valence-corrected chi connectivity index (χ2v) is 6.26. The van der Waals surface area contributed by atoms with E-state index in [1.165, 1.54) is 23.7 Å². The van der Waals surface area contributed by atoms with E-state index in [1.807, 2.05) is 0 Å². The second kappa shape index (κ2) is 6.43. The van der Waals surface area contributed by atoms with Crippen LogP contribution in [0.2, 0.25) is 0 Å². The molecular formula is C14H21N5O3. The predicted molar refractivity (Wildman–Crippen MR) is 76.9 cm³/mol. The summed E-state index contributed by atoms with van der Waals surface area (Å²) in [5.41, 5.74) is 0. The van der Waals surface area contributed by atoms with Gasteiger partial charge in [0.2, 0.25) is 5.91 Å². The highest BCUT2D eigenvalue weighted by atomic mass is 16.4. The Morgan fingerprint density at radius 2 is 2.14 bits per heavy atom. The number of hydrogen-bond donors (Lipinski definition) is 2. The van der Waals surface area contributed by atoms with Crippen molar-refractivity contribution in [3.63, 3.8) is 0 Å². The Balaban J connectivity index is 1.41. The summed E-state index contributed by atoms with van der Waals surface area (Å²) in [6.45, 7) is 1.14. The standard InChI is InChI=1S/C14H21N5O3/c20-13(8-19-4-3-15-17-19)16-11-5-12(6-11)18(9-14(21)22)7-10-1-2-10/h3-4,10-12H,1-2,5-9H2,(H,16,20)(H,21,22). The van der Waals surface area contributed by atoms with Crippen LogP contribution in [0.5, 0.6) is 0 Å². The lowest BCUT2D eigenvalue weighted by molar-refractivity contribution is -0.140. The van der Waals surface area contributed by atoms with Gasteiger partial charge in [0.15, 0.2) is 0 Å². The number of nitrogens with one attached hydrogen (secondary N) is 1. The first-order valence-corrected chi connectivity index (χ1v) is 7.69. The van der Waals surface area contributed by atoms with Crippen molar-refractivity contribution in [2.24, 2.45) is 5.92 Å². The fourth-order valence-corrected chi connectivity index (χ4v) is 2.89. The van der Waals surface area contributed by atoms with Gasteiger partial charge in [-0.1, -0.05) is 5.21 Å². The van der Waals surface area contributed by atoms with E-state index in [2.05, 4.69) is 20.5 Å². The average molecular weight is 307 g/mol. The lowest BCUT2D eigenvalue weighted by Crippen LogP contribution is -2.55. The van der Waals surface area contributed by atoms with Crippen LogP contribution in [0.15, 0.2) is 12.4 Å². The quantitative estimate of drug-likeness (QED) is 0.685. The molecule has 1 aromatic heterocycles. The first-order chi connectivity index (χ1) is 10.6. The lowest BCUT2D eigenvalue weighted by Gasteiger charge is -2.42. The minimum atomic E-state index is -0.778. The van der Waals surface area contributed by atoms with Crippen molar-refractivity contribution >= 4 is 11.9 Å². The van der Waals surface area contributed by atoms with Crippen molar-refractivity contribution in [3.05, 3.63) is 12.4 Å². The summed E-state index contributed by atoms with van der Waals surface area (Å²) >= 11 is 0. The zero-order chi connectivity index (χ0) is 15.5. The number of hydrogen-bond acceptors (Lipinski definition) is 5. The van der Waals surface area contributed by atoms with Crippen LogP contribution in [0, 0.1) is 5.92 Å². The van der Waals surface area contributed by atoms with Gasteiger partial charge in [-0.15, -0.1) is 5.10 Å².